The normalized spacial score (nSPS) is 16.4. The Labute approximate surface area is 298 Å². The quantitative estimate of drug-likeness (QED) is 0.158. The van der Waals surface area contributed by atoms with Crippen LogP contribution in [0.3, 0.4) is 0 Å². The molecule has 4 aromatic carbocycles. The van der Waals surface area contributed by atoms with Crippen molar-refractivity contribution in [3.05, 3.63) is 112 Å². The topological polar surface area (TPSA) is 44.2 Å². The molecule has 5 aromatic rings. The number of likely N-dealkylation sites (N-methyl/N-ethyl adjacent to an activating group) is 1. The average Bonchev–Trinajstić information content (AvgIpc) is 3.38. The number of carbonyl (C=O) groups is 1. The second-order valence-corrected chi connectivity index (χ2v) is 14.5. The van der Waals surface area contributed by atoms with Crippen molar-refractivity contribution < 1.29 is 9.53 Å². The van der Waals surface area contributed by atoms with Gasteiger partial charge in [0.15, 0.2) is 0 Å². The molecule has 0 unspecified atom stereocenters. The number of carbonyl (C=O) groups excluding carboxylic acids is 1. The van der Waals surface area contributed by atoms with Crippen LogP contribution in [0.5, 0.6) is 5.75 Å². The zero-order valence-electron chi connectivity index (χ0n) is 30.5. The van der Waals surface area contributed by atoms with Crippen LogP contribution in [0.4, 0.5) is 0 Å². The van der Waals surface area contributed by atoms with Gasteiger partial charge in [-0.25, -0.2) is 0 Å². The number of amides is 1. The van der Waals surface area contributed by atoms with Crippen molar-refractivity contribution in [3.8, 4) is 5.75 Å². The summed E-state index contributed by atoms with van der Waals surface area (Å²) in [5.41, 5.74) is 8.70. The van der Waals surface area contributed by atoms with Crippen molar-refractivity contribution in [2.24, 2.45) is 0 Å². The average molecular weight is 672 g/mol. The molecule has 3 heterocycles. The highest BCUT2D eigenvalue weighted by Gasteiger charge is 2.22. The summed E-state index contributed by atoms with van der Waals surface area (Å²) in [6.45, 7) is 15.8. The lowest BCUT2D eigenvalue weighted by molar-refractivity contribution is 0.0638. The molecule has 2 fully saturated rings. The molecule has 7 nitrogen and oxygen atoms in total. The number of aromatic nitrogens is 1. The molecule has 50 heavy (non-hydrogen) atoms. The Bertz CT molecular complexity index is 1950. The molecule has 0 aliphatic carbocycles. The smallest absolute Gasteiger partial charge is 0.253 e. The lowest BCUT2D eigenvalue weighted by Gasteiger charge is -2.35. The zero-order valence-corrected chi connectivity index (χ0v) is 30.5. The maximum absolute atomic E-state index is 13.6. The van der Waals surface area contributed by atoms with E-state index in [1.807, 2.05) is 23.1 Å². The summed E-state index contributed by atoms with van der Waals surface area (Å²) in [6, 6.07) is 28.2. The minimum absolute atomic E-state index is 0.145. The molecular formula is C43H53N5O2. The van der Waals surface area contributed by atoms with Crippen molar-refractivity contribution in [1.82, 2.24) is 24.2 Å². The molecule has 1 aromatic heterocycles. The van der Waals surface area contributed by atoms with Crippen LogP contribution in [0.2, 0.25) is 0 Å². The summed E-state index contributed by atoms with van der Waals surface area (Å²) in [5.74, 6) is 1.03. The number of rotatable bonds is 11. The van der Waals surface area contributed by atoms with Crippen LogP contribution in [0, 0.1) is 13.8 Å². The standard InChI is InChI=1S/C43H53N5O2/c1-32-33(2)48(17-6-16-45-21-19-44(3)20-22-45)42-14-10-36(30-41(32)42)27-35-7-5-8-39(29-35)43(49)47-25-23-46(24-26-47)18-15-34-9-11-38-31-40(50-4)13-12-37(38)28-34/h5,7-14,28-31H,6,15-27H2,1-4H3. The molecule has 0 saturated carbocycles. The maximum Gasteiger partial charge on any atom is 0.253 e. The third-order valence-electron chi connectivity index (χ3n) is 11.2. The van der Waals surface area contributed by atoms with E-state index in [1.54, 1.807) is 7.11 Å². The van der Waals surface area contributed by atoms with Gasteiger partial charge in [0, 0.05) is 87.6 Å². The number of hydrogen-bond acceptors (Lipinski definition) is 5. The number of fused-ring (bicyclic) bond motifs is 2. The van der Waals surface area contributed by atoms with E-state index in [1.165, 1.54) is 82.2 Å². The number of benzene rings is 4. The van der Waals surface area contributed by atoms with Gasteiger partial charge in [0.1, 0.15) is 5.75 Å². The van der Waals surface area contributed by atoms with E-state index in [9.17, 15) is 4.79 Å². The van der Waals surface area contributed by atoms with E-state index in [0.717, 1.165) is 70.0 Å². The Kier molecular flexibility index (Phi) is 10.5. The number of piperazine rings is 2. The molecule has 1 amide bonds. The van der Waals surface area contributed by atoms with Gasteiger partial charge in [0.2, 0.25) is 0 Å². The minimum Gasteiger partial charge on any atom is -0.497 e. The number of nitrogens with zero attached hydrogens (tertiary/aromatic N) is 5. The first-order chi connectivity index (χ1) is 24.3. The lowest BCUT2D eigenvalue weighted by Crippen LogP contribution is -2.49. The van der Waals surface area contributed by atoms with E-state index < -0.39 is 0 Å². The fraction of sp³-hybridized carbons (Fsp3) is 0.419. The van der Waals surface area contributed by atoms with Gasteiger partial charge in [-0.15, -0.1) is 0 Å². The summed E-state index contributed by atoms with van der Waals surface area (Å²) in [7, 11) is 3.93. The van der Waals surface area contributed by atoms with E-state index >= 15 is 0 Å². The van der Waals surface area contributed by atoms with Crippen LogP contribution in [-0.4, -0.2) is 110 Å². The Hall–Kier alpha value is -4.17. The SMILES string of the molecule is COc1ccc2cc(CCN3CCN(C(=O)c4cccc(Cc5ccc6c(c5)c(C)c(C)n6CCCN5CCN(C)CC5)c4)CC3)ccc2c1. The largest absolute Gasteiger partial charge is 0.497 e. The van der Waals surface area contributed by atoms with Gasteiger partial charge >= 0.3 is 0 Å². The second kappa shape index (κ2) is 15.4. The second-order valence-electron chi connectivity index (χ2n) is 14.5. The Morgan fingerprint density at radius 1 is 0.700 bits per heavy atom. The van der Waals surface area contributed by atoms with Crippen molar-refractivity contribution in [3.63, 3.8) is 0 Å². The molecule has 262 valence electrons. The fourth-order valence-corrected chi connectivity index (χ4v) is 7.87. The number of hydrogen-bond donors (Lipinski definition) is 0. The molecular weight excluding hydrogens is 619 g/mol. The Balaban J connectivity index is 0.924. The molecule has 0 spiro atoms. The molecule has 7 rings (SSSR count). The lowest BCUT2D eigenvalue weighted by atomic mass is 10.00. The van der Waals surface area contributed by atoms with Crippen molar-refractivity contribution >= 4 is 27.6 Å². The van der Waals surface area contributed by atoms with Crippen LogP contribution in [0.15, 0.2) is 78.9 Å². The summed E-state index contributed by atoms with van der Waals surface area (Å²) < 4.78 is 7.89. The van der Waals surface area contributed by atoms with Gasteiger partial charge in [-0.1, -0.05) is 42.5 Å². The summed E-state index contributed by atoms with van der Waals surface area (Å²) in [5, 5.41) is 3.80. The number of methoxy groups -OCH3 is 1. The predicted molar refractivity (Wildman–Crippen MR) is 206 cm³/mol. The van der Waals surface area contributed by atoms with Crippen LogP contribution >= 0.6 is 0 Å². The van der Waals surface area contributed by atoms with Gasteiger partial charge in [-0.2, -0.15) is 0 Å². The third kappa shape index (κ3) is 7.75. The molecule has 0 bridgehead atoms. The van der Waals surface area contributed by atoms with Crippen molar-refractivity contribution in [2.45, 2.75) is 39.7 Å². The van der Waals surface area contributed by atoms with Gasteiger partial charge in [0.05, 0.1) is 7.11 Å². The van der Waals surface area contributed by atoms with Gasteiger partial charge in [-0.3, -0.25) is 9.69 Å². The number of aryl methyl sites for hydroxylation is 2. The Morgan fingerprint density at radius 3 is 2.20 bits per heavy atom. The van der Waals surface area contributed by atoms with Crippen LogP contribution in [0.25, 0.3) is 21.7 Å². The predicted octanol–water partition coefficient (Wildman–Crippen LogP) is 6.65. The van der Waals surface area contributed by atoms with Crippen molar-refractivity contribution in [1.29, 1.82) is 0 Å². The van der Waals surface area contributed by atoms with Crippen LogP contribution in [0.1, 0.15) is 44.7 Å². The summed E-state index contributed by atoms with van der Waals surface area (Å²) in [4.78, 5) is 23.2. The monoisotopic (exact) mass is 671 g/mol. The van der Waals surface area contributed by atoms with Crippen LogP contribution in [-0.2, 0) is 19.4 Å². The molecule has 7 heteroatoms. The summed E-state index contributed by atoms with van der Waals surface area (Å²) in [6.07, 6.45) is 3.00. The molecule has 2 aliphatic rings. The van der Waals surface area contributed by atoms with E-state index in [2.05, 4.69) is 101 Å². The highest BCUT2D eigenvalue weighted by Crippen LogP contribution is 2.28. The van der Waals surface area contributed by atoms with Gasteiger partial charge in [0.25, 0.3) is 5.91 Å². The van der Waals surface area contributed by atoms with E-state index in [0.29, 0.717) is 0 Å². The van der Waals surface area contributed by atoms with Gasteiger partial charge in [-0.05, 0) is 116 Å². The number of ether oxygens (including phenoxy) is 1. The molecule has 0 atom stereocenters. The molecule has 2 saturated heterocycles. The molecule has 0 N–H and O–H groups in total. The van der Waals surface area contributed by atoms with Crippen LogP contribution < -0.4 is 4.74 Å². The first-order valence-electron chi connectivity index (χ1n) is 18.5. The third-order valence-corrected chi connectivity index (χ3v) is 11.2. The fourth-order valence-electron chi connectivity index (χ4n) is 7.87. The Morgan fingerprint density at radius 2 is 1.40 bits per heavy atom. The van der Waals surface area contributed by atoms with E-state index in [-0.39, 0.29) is 5.91 Å². The minimum atomic E-state index is 0.145. The van der Waals surface area contributed by atoms with Gasteiger partial charge < -0.3 is 24.0 Å². The maximum atomic E-state index is 13.6. The van der Waals surface area contributed by atoms with Crippen molar-refractivity contribution in [2.75, 3.05) is 79.6 Å². The highest BCUT2D eigenvalue weighted by atomic mass is 16.5. The van der Waals surface area contributed by atoms with E-state index in [4.69, 9.17) is 4.74 Å². The summed E-state index contributed by atoms with van der Waals surface area (Å²) >= 11 is 0. The first kappa shape index (κ1) is 34.3. The highest BCUT2D eigenvalue weighted by molar-refractivity contribution is 5.94. The molecule has 2 aliphatic heterocycles. The molecule has 0 radical (unpaired) electrons. The first-order valence-corrected chi connectivity index (χ1v) is 18.5. The zero-order chi connectivity index (χ0) is 34.6.